The lowest BCUT2D eigenvalue weighted by Crippen LogP contribution is -2.62. The number of hydrogen-bond acceptors (Lipinski definition) is 6. The number of carbonyl (C=O) groups excluding carboxylic acids is 3. The number of imide groups is 1. The summed E-state index contributed by atoms with van der Waals surface area (Å²) in [6.45, 7) is 8.91. The maximum Gasteiger partial charge on any atom is 0.433 e. The zero-order valence-corrected chi connectivity index (χ0v) is 20.5. The normalized spacial score (nSPS) is 27.9. The fraction of sp³-hybridized carbons (Fsp3) is 0.458. The van der Waals surface area contributed by atoms with Crippen LogP contribution < -0.4 is 4.90 Å². The van der Waals surface area contributed by atoms with Crippen molar-refractivity contribution >= 4 is 35.0 Å². The molecule has 10 heteroatoms. The van der Waals surface area contributed by atoms with Gasteiger partial charge in [0, 0.05) is 12.5 Å². The van der Waals surface area contributed by atoms with Crippen molar-refractivity contribution in [2.45, 2.75) is 45.2 Å². The quantitative estimate of drug-likeness (QED) is 0.379. The molecule has 3 saturated heterocycles. The Balaban J connectivity index is 1.56. The molecule has 5 rings (SSSR count). The van der Waals surface area contributed by atoms with Crippen molar-refractivity contribution in [3.8, 4) is 6.07 Å². The van der Waals surface area contributed by atoms with Gasteiger partial charge in [0.2, 0.25) is 5.78 Å². The number of aryl methyl sites for hydroxylation is 1. The molecule has 4 atom stereocenters. The Labute approximate surface area is 202 Å². The third kappa shape index (κ3) is 2.86. The Bertz CT molecular complexity index is 1320. The van der Waals surface area contributed by atoms with Crippen LogP contribution in [0.5, 0.6) is 0 Å². The van der Waals surface area contributed by atoms with E-state index in [1.165, 1.54) is 11.0 Å². The largest absolute Gasteiger partial charge is 0.433 e. The Morgan fingerprint density at radius 3 is 2.59 bits per heavy atom. The number of halogens is 1. The predicted molar refractivity (Wildman–Crippen MR) is 124 cm³/mol. The number of Topliss-reactive ketones (excluding diaryl/α,β-unsaturated/α-hetero) is 1. The Morgan fingerprint density at radius 2 is 1.97 bits per heavy atom. The summed E-state index contributed by atoms with van der Waals surface area (Å²) >= 11 is 6.34. The van der Waals surface area contributed by atoms with Crippen molar-refractivity contribution in [3.05, 3.63) is 45.7 Å². The monoisotopic (exact) mass is 481 g/mol. The number of rotatable bonds is 3. The van der Waals surface area contributed by atoms with E-state index >= 15 is 0 Å². The van der Waals surface area contributed by atoms with Gasteiger partial charge in [0.25, 0.3) is 5.91 Å². The molecule has 0 aliphatic carbocycles. The molecule has 0 radical (unpaired) electrons. The summed E-state index contributed by atoms with van der Waals surface area (Å²) in [6, 6.07) is 5.13. The molecule has 3 amide bonds. The van der Waals surface area contributed by atoms with Crippen molar-refractivity contribution < 1.29 is 18.9 Å². The van der Waals surface area contributed by atoms with Gasteiger partial charge in [-0.25, -0.2) is 14.2 Å². The first-order valence-electron chi connectivity index (χ1n) is 11.2. The van der Waals surface area contributed by atoms with Crippen LogP contribution in [0.3, 0.4) is 0 Å². The van der Waals surface area contributed by atoms with E-state index < -0.39 is 18.1 Å². The number of piperazine rings is 1. The average Bonchev–Trinajstić information content (AvgIpc) is 3.50. The summed E-state index contributed by atoms with van der Waals surface area (Å²) in [5.74, 6) is -0.524. The van der Waals surface area contributed by atoms with Gasteiger partial charge in [-0.1, -0.05) is 32.4 Å². The first-order valence-corrected chi connectivity index (χ1v) is 11.6. The predicted octanol–water partition coefficient (Wildman–Crippen LogP) is 2.74. The number of urea groups is 1. The molecule has 0 saturated carbocycles. The van der Waals surface area contributed by atoms with E-state index in [-0.39, 0.29) is 32.2 Å². The van der Waals surface area contributed by atoms with Crippen molar-refractivity contribution in [2.24, 2.45) is 7.05 Å². The lowest BCUT2D eigenvalue weighted by Gasteiger charge is -2.32. The number of amides is 3. The van der Waals surface area contributed by atoms with Crippen molar-refractivity contribution in [3.63, 3.8) is 0 Å². The van der Waals surface area contributed by atoms with Gasteiger partial charge in [-0.2, -0.15) is 15.3 Å². The first kappa shape index (κ1) is 22.7. The zero-order chi connectivity index (χ0) is 24.7. The van der Waals surface area contributed by atoms with Crippen molar-refractivity contribution in [1.82, 2.24) is 14.7 Å². The van der Waals surface area contributed by atoms with E-state index in [9.17, 15) is 19.6 Å². The zero-order valence-electron chi connectivity index (χ0n) is 19.8. The highest BCUT2D eigenvalue weighted by atomic mass is 35.5. The van der Waals surface area contributed by atoms with Crippen LogP contribution in [0.2, 0.25) is 5.02 Å². The lowest BCUT2D eigenvalue weighted by atomic mass is 9.91. The van der Waals surface area contributed by atoms with Crippen LogP contribution in [0.4, 0.5) is 10.5 Å². The SMILES string of the molecule is Cc1c(N2C(=O)C3CN4CC(C(=O)c5cc(C(C)(C)C)nn5C)[N+]3(C4)C2=O)ccc(C#N)c1Cl. The van der Waals surface area contributed by atoms with E-state index in [1.54, 1.807) is 30.8 Å². The van der Waals surface area contributed by atoms with Crippen LogP contribution in [-0.2, 0) is 17.3 Å². The average molecular weight is 482 g/mol. The summed E-state index contributed by atoms with van der Waals surface area (Å²) in [7, 11) is 1.73. The van der Waals surface area contributed by atoms with E-state index in [4.69, 9.17) is 11.6 Å². The van der Waals surface area contributed by atoms with Crippen LogP contribution in [0.15, 0.2) is 18.2 Å². The molecule has 34 heavy (non-hydrogen) atoms. The summed E-state index contributed by atoms with van der Waals surface area (Å²) in [5.41, 5.74) is 2.13. The molecule has 0 N–H and O–H groups in total. The molecule has 2 bridgehead atoms. The van der Waals surface area contributed by atoms with Gasteiger partial charge >= 0.3 is 6.03 Å². The Hall–Kier alpha value is -3.06. The van der Waals surface area contributed by atoms with E-state index in [1.807, 2.05) is 31.7 Å². The van der Waals surface area contributed by atoms with Gasteiger partial charge in [-0.3, -0.25) is 14.3 Å². The molecule has 1 aromatic heterocycles. The summed E-state index contributed by atoms with van der Waals surface area (Å²) < 4.78 is 1.34. The van der Waals surface area contributed by atoms with E-state index in [0.717, 1.165) is 5.69 Å². The minimum Gasteiger partial charge on any atom is -0.286 e. The number of hydrogen-bond donors (Lipinski definition) is 0. The number of nitriles is 1. The van der Waals surface area contributed by atoms with Gasteiger partial charge in [0.05, 0.1) is 35.1 Å². The fourth-order valence-corrected chi connectivity index (χ4v) is 5.70. The molecule has 4 heterocycles. The number of carbonyl (C=O) groups is 3. The number of nitrogens with zero attached hydrogens (tertiary/aromatic N) is 6. The van der Waals surface area contributed by atoms with Crippen LogP contribution in [-0.4, -0.2) is 68.7 Å². The lowest BCUT2D eigenvalue weighted by molar-refractivity contribution is -0.852. The van der Waals surface area contributed by atoms with Crippen LogP contribution in [0, 0.1) is 18.3 Å². The van der Waals surface area contributed by atoms with E-state index in [2.05, 4.69) is 5.10 Å². The van der Waals surface area contributed by atoms with Crippen molar-refractivity contribution in [1.29, 1.82) is 5.26 Å². The fourth-order valence-electron chi connectivity index (χ4n) is 5.50. The van der Waals surface area contributed by atoms with Crippen LogP contribution in [0.1, 0.15) is 48.1 Å². The molecule has 9 nitrogen and oxygen atoms in total. The third-order valence-electron chi connectivity index (χ3n) is 7.38. The molecule has 1 spiro atoms. The maximum atomic E-state index is 14.0. The number of fused-ring (bicyclic) bond motifs is 1. The second-order valence-electron chi connectivity index (χ2n) is 10.4. The summed E-state index contributed by atoms with van der Waals surface area (Å²) in [5, 5.41) is 14.0. The minimum atomic E-state index is -0.697. The van der Waals surface area contributed by atoms with Gasteiger partial charge in [-0.15, -0.1) is 0 Å². The Kier molecular flexibility index (Phi) is 4.82. The Morgan fingerprint density at radius 1 is 1.26 bits per heavy atom. The molecular weight excluding hydrogens is 456 g/mol. The smallest absolute Gasteiger partial charge is 0.286 e. The molecule has 176 valence electrons. The topological polar surface area (TPSA) is 99.3 Å². The molecule has 3 aliphatic heterocycles. The van der Waals surface area contributed by atoms with Crippen LogP contribution >= 0.6 is 11.6 Å². The highest BCUT2D eigenvalue weighted by molar-refractivity contribution is 6.33. The molecule has 3 fully saturated rings. The number of benzene rings is 1. The molecule has 1 aromatic carbocycles. The van der Waals surface area contributed by atoms with E-state index in [0.29, 0.717) is 36.7 Å². The summed E-state index contributed by atoms with van der Waals surface area (Å²) in [4.78, 5) is 44.5. The highest BCUT2D eigenvalue weighted by Crippen LogP contribution is 2.45. The standard InChI is InChI=1S/C24H26ClN6O3/c1-13-15(7-6-14(9-26)20(13)25)30-22(33)18-11-29-10-17(31(18,12-29)23(30)34)21(32)16-8-19(24(2,3)4)27-28(16)5/h6-8,17-18H,10-12H2,1-5H3/q+1. The van der Waals surface area contributed by atoms with Gasteiger partial charge in [0.15, 0.2) is 12.1 Å². The number of aromatic nitrogens is 2. The maximum absolute atomic E-state index is 14.0. The number of anilines is 1. The molecule has 3 aliphatic rings. The second kappa shape index (κ2) is 7.22. The summed E-state index contributed by atoms with van der Waals surface area (Å²) in [6.07, 6.45) is 0. The number of ketones is 1. The van der Waals surface area contributed by atoms with Gasteiger partial charge in [0.1, 0.15) is 18.4 Å². The number of quaternary nitrogens is 1. The third-order valence-corrected chi connectivity index (χ3v) is 7.87. The second-order valence-corrected chi connectivity index (χ2v) is 10.8. The molecule has 4 unspecified atom stereocenters. The first-order chi connectivity index (χ1) is 15.9. The molecule has 2 aromatic rings. The van der Waals surface area contributed by atoms with Crippen LogP contribution in [0.25, 0.3) is 0 Å². The minimum absolute atomic E-state index is 0.185. The highest BCUT2D eigenvalue weighted by Gasteiger charge is 2.73. The van der Waals surface area contributed by atoms with Crippen molar-refractivity contribution in [2.75, 3.05) is 24.7 Å². The molecular formula is C24H26ClN6O3+. The van der Waals surface area contributed by atoms with Gasteiger partial charge in [-0.05, 0) is 30.7 Å². The van der Waals surface area contributed by atoms with Gasteiger partial charge < -0.3 is 0 Å².